The van der Waals surface area contributed by atoms with Gasteiger partial charge in [0.05, 0.1) is 0 Å². The van der Waals surface area contributed by atoms with Crippen LogP contribution >= 0.6 is 11.6 Å². The van der Waals surface area contributed by atoms with Crippen LogP contribution in [0.25, 0.3) is 0 Å². The van der Waals surface area contributed by atoms with Crippen LogP contribution in [0, 0.1) is 12.8 Å². The van der Waals surface area contributed by atoms with Crippen molar-refractivity contribution in [1.82, 2.24) is 10.6 Å². The van der Waals surface area contributed by atoms with Crippen molar-refractivity contribution in [3.05, 3.63) is 51.2 Å². The summed E-state index contributed by atoms with van der Waals surface area (Å²) >= 11 is 6.32. The molecule has 1 aliphatic carbocycles. The normalized spacial score (nSPS) is 18.3. The van der Waals surface area contributed by atoms with Crippen molar-refractivity contribution in [2.24, 2.45) is 5.92 Å². The molecule has 27 heavy (non-hydrogen) atoms. The van der Waals surface area contributed by atoms with Crippen LogP contribution < -0.4 is 16.0 Å². The van der Waals surface area contributed by atoms with Crippen molar-refractivity contribution in [2.45, 2.75) is 53.0 Å². The van der Waals surface area contributed by atoms with Gasteiger partial charge in [0.1, 0.15) is 0 Å². The Hall–Kier alpha value is -1.94. The summed E-state index contributed by atoms with van der Waals surface area (Å²) in [5.41, 5.74) is 6.12. The number of anilines is 1. The van der Waals surface area contributed by atoms with Crippen molar-refractivity contribution in [1.29, 1.82) is 0 Å². The van der Waals surface area contributed by atoms with E-state index < -0.39 is 0 Å². The predicted octanol–water partition coefficient (Wildman–Crippen LogP) is 4.80. The molecule has 1 fully saturated rings. The topological polar surface area (TPSA) is 53.2 Å². The maximum Gasteiger partial charge on any atom is 0.251 e. The van der Waals surface area contributed by atoms with Gasteiger partial charge in [-0.1, -0.05) is 18.0 Å². The van der Waals surface area contributed by atoms with E-state index in [1.165, 1.54) is 30.4 Å². The largest absolute Gasteiger partial charge is 0.385 e. The maximum atomic E-state index is 12.8. The molecule has 3 rings (SSSR count). The highest BCUT2D eigenvalue weighted by Crippen LogP contribution is 2.33. The van der Waals surface area contributed by atoms with E-state index in [1.807, 2.05) is 19.9 Å². The molecule has 1 aromatic rings. The summed E-state index contributed by atoms with van der Waals surface area (Å²) in [4.78, 5) is 12.8. The summed E-state index contributed by atoms with van der Waals surface area (Å²) < 4.78 is 0. The van der Waals surface area contributed by atoms with Gasteiger partial charge in [-0.15, -0.1) is 0 Å². The number of hydrogen-bond acceptors (Lipinski definition) is 3. The fraction of sp³-hybridized carbons (Fsp3) is 0.500. The third-order valence-corrected chi connectivity index (χ3v) is 6.11. The van der Waals surface area contributed by atoms with E-state index in [2.05, 4.69) is 35.9 Å². The molecule has 1 unspecified atom stereocenters. The van der Waals surface area contributed by atoms with Gasteiger partial charge in [0.15, 0.2) is 0 Å². The lowest BCUT2D eigenvalue weighted by Crippen LogP contribution is -2.32. The molecule has 0 bridgehead atoms. The SMILES string of the molecule is CC1=CC(C)=C(CNC(=O)c2cc(Cl)cc(NC(C)C3CCC3)c2C)CN1. The second-order valence-electron chi connectivity index (χ2n) is 7.90. The third-order valence-electron chi connectivity index (χ3n) is 5.89. The lowest BCUT2D eigenvalue weighted by Gasteiger charge is -2.33. The van der Waals surface area contributed by atoms with E-state index in [-0.39, 0.29) is 5.91 Å². The number of amides is 1. The van der Waals surface area contributed by atoms with Crippen molar-refractivity contribution in [3.63, 3.8) is 0 Å². The number of benzene rings is 1. The number of dihydropyridines is 1. The first kappa shape index (κ1) is 19.8. The Balaban J connectivity index is 1.71. The number of carbonyl (C=O) groups is 1. The van der Waals surface area contributed by atoms with E-state index >= 15 is 0 Å². The van der Waals surface area contributed by atoms with Gasteiger partial charge in [-0.25, -0.2) is 0 Å². The zero-order valence-electron chi connectivity index (χ0n) is 16.7. The summed E-state index contributed by atoms with van der Waals surface area (Å²) in [6.45, 7) is 9.64. The lowest BCUT2D eigenvalue weighted by atomic mass is 9.80. The monoisotopic (exact) mass is 387 g/mol. The summed E-state index contributed by atoms with van der Waals surface area (Å²) in [5.74, 6) is 0.631. The molecule has 1 heterocycles. The first-order chi connectivity index (χ1) is 12.8. The molecule has 0 radical (unpaired) electrons. The highest BCUT2D eigenvalue weighted by molar-refractivity contribution is 6.31. The summed E-state index contributed by atoms with van der Waals surface area (Å²) in [6.07, 6.45) is 5.98. The molecule has 2 aliphatic rings. The first-order valence-corrected chi connectivity index (χ1v) is 10.2. The van der Waals surface area contributed by atoms with Crippen LogP contribution in [0.4, 0.5) is 5.69 Å². The lowest BCUT2D eigenvalue weighted by molar-refractivity contribution is 0.0956. The molecule has 1 saturated carbocycles. The second kappa shape index (κ2) is 8.39. The van der Waals surface area contributed by atoms with Crippen LogP contribution in [0.1, 0.15) is 56.0 Å². The van der Waals surface area contributed by atoms with Gasteiger partial charge in [-0.05, 0) is 81.4 Å². The maximum absolute atomic E-state index is 12.8. The average molecular weight is 388 g/mol. The van der Waals surface area contributed by atoms with Gasteiger partial charge >= 0.3 is 0 Å². The fourth-order valence-corrected chi connectivity index (χ4v) is 3.93. The predicted molar refractivity (Wildman–Crippen MR) is 113 cm³/mol. The van der Waals surface area contributed by atoms with Gasteiger partial charge in [-0.2, -0.15) is 0 Å². The molecular formula is C22H30ClN3O. The fourth-order valence-electron chi connectivity index (χ4n) is 3.72. The minimum atomic E-state index is -0.0825. The Morgan fingerprint density at radius 3 is 2.67 bits per heavy atom. The van der Waals surface area contributed by atoms with Crippen molar-refractivity contribution >= 4 is 23.2 Å². The minimum absolute atomic E-state index is 0.0825. The smallest absolute Gasteiger partial charge is 0.251 e. The Bertz CT molecular complexity index is 793. The zero-order valence-corrected chi connectivity index (χ0v) is 17.5. The van der Waals surface area contributed by atoms with Crippen LogP contribution in [-0.2, 0) is 0 Å². The average Bonchev–Trinajstić information content (AvgIpc) is 2.55. The van der Waals surface area contributed by atoms with E-state index in [1.54, 1.807) is 6.07 Å². The summed E-state index contributed by atoms with van der Waals surface area (Å²) in [6, 6.07) is 4.08. The van der Waals surface area contributed by atoms with Gasteiger partial charge in [0, 0.05) is 41.1 Å². The molecular weight excluding hydrogens is 358 g/mol. The number of rotatable bonds is 6. The van der Waals surface area contributed by atoms with Crippen LogP contribution in [0.3, 0.4) is 0 Å². The molecule has 0 saturated heterocycles. The number of carbonyl (C=O) groups excluding carboxylic acids is 1. The second-order valence-corrected chi connectivity index (χ2v) is 8.34. The first-order valence-electron chi connectivity index (χ1n) is 9.81. The van der Waals surface area contributed by atoms with Gasteiger partial charge in [0.2, 0.25) is 0 Å². The molecule has 1 aliphatic heterocycles. The van der Waals surface area contributed by atoms with E-state index in [9.17, 15) is 4.79 Å². The van der Waals surface area contributed by atoms with Gasteiger partial charge in [0.25, 0.3) is 5.91 Å². The molecule has 1 aromatic carbocycles. The number of nitrogens with one attached hydrogen (secondary N) is 3. The Kier molecular flexibility index (Phi) is 6.15. The van der Waals surface area contributed by atoms with Crippen LogP contribution in [-0.4, -0.2) is 25.0 Å². The summed E-state index contributed by atoms with van der Waals surface area (Å²) in [5, 5.41) is 10.5. The van der Waals surface area contributed by atoms with E-state index in [0.29, 0.717) is 29.1 Å². The number of allylic oxidation sites excluding steroid dienone is 3. The van der Waals surface area contributed by atoms with Gasteiger partial charge < -0.3 is 16.0 Å². The molecule has 5 heteroatoms. The molecule has 0 spiro atoms. The third kappa shape index (κ3) is 4.67. The molecule has 146 valence electrons. The quantitative estimate of drug-likeness (QED) is 0.657. The Morgan fingerprint density at radius 1 is 1.30 bits per heavy atom. The van der Waals surface area contributed by atoms with Crippen molar-refractivity contribution < 1.29 is 4.79 Å². The number of halogens is 1. The Labute approximate surface area is 167 Å². The standard InChI is InChI=1S/C22H30ClN3O/c1-13-8-14(2)24-11-18(13)12-25-22(27)20-9-19(23)10-21(15(20)3)26-16(4)17-6-5-7-17/h8-10,16-17,24,26H,5-7,11-12H2,1-4H3,(H,25,27). The van der Waals surface area contributed by atoms with Crippen LogP contribution in [0.5, 0.6) is 0 Å². The highest BCUT2D eigenvalue weighted by Gasteiger charge is 2.25. The molecule has 3 N–H and O–H groups in total. The van der Waals surface area contributed by atoms with Crippen LogP contribution in [0.15, 0.2) is 35.1 Å². The highest BCUT2D eigenvalue weighted by atomic mass is 35.5. The molecule has 1 atom stereocenters. The van der Waals surface area contributed by atoms with E-state index in [4.69, 9.17) is 11.6 Å². The Morgan fingerprint density at radius 2 is 2.04 bits per heavy atom. The van der Waals surface area contributed by atoms with E-state index in [0.717, 1.165) is 23.5 Å². The van der Waals surface area contributed by atoms with Gasteiger partial charge in [-0.3, -0.25) is 4.79 Å². The molecule has 0 aromatic heterocycles. The van der Waals surface area contributed by atoms with Crippen molar-refractivity contribution in [3.8, 4) is 0 Å². The van der Waals surface area contributed by atoms with Crippen LogP contribution in [0.2, 0.25) is 5.02 Å². The minimum Gasteiger partial charge on any atom is -0.385 e. The molecule has 1 amide bonds. The number of hydrogen-bond donors (Lipinski definition) is 3. The zero-order chi connectivity index (χ0) is 19.6. The summed E-state index contributed by atoms with van der Waals surface area (Å²) in [7, 11) is 0. The van der Waals surface area contributed by atoms with Crippen molar-refractivity contribution in [2.75, 3.05) is 18.4 Å². The molecule has 4 nitrogen and oxygen atoms in total.